The van der Waals surface area contributed by atoms with Gasteiger partial charge in [-0.15, -0.1) is 0 Å². The number of anilines is 1. The average molecular weight is 430 g/mol. The Morgan fingerprint density at radius 3 is 2.27 bits per heavy atom. The minimum atomic E-state index is -3.83. The third-order valence-electron chi connectivity index (χ3n) is 4.08. The fraction of sp³-hybridized carbons (Fsp3) is 0.238. The predicted molar refractivity (Wildman–Crippen MR) is 112 cm³/mol. The number of fused-ring (bicyclic) bond motifs is 1. The molecule has 0 bridgehead atoms. The Kier molecular flexibility index (Phi) is 5.58. The topological polar surface area (TPSA) is 104 Å². The van der Waals surface area contributed by atoms with Crippen LogP contribution in [-0.2, 0) is 19.5 Å². The van der Waals surface area contributed by atoms with Gasteiger partial charge in [-0.3, -0.25) is 4.72 Å². The molecule has 0 saturated heterocycles. The molecule has 1 aromatic heterocycles. The number of methoxy groups -OCH3 is 1. The Balaban J connectivity index is 2.09. The highest BCUT2D eigenvalue weighted by molar-refractivity contribution is 7.92. The maximum absolute atomic E-state index is 12.8. The van der Waals surface area contributed by atoms with E-state index in [1.165, 1.54) is 31.4 Å². The van der Waals surface area contributed by atoms with E-state index in [0.29, 0.717) is 10.9 Å². The Labute approximate surface area is 174 Å². The maximum Gasteiger partial charge on any atom is 0.419 e. The van der Waals surface area contributed by atoms with Crippen LogP contribution in [0, 0.1) is 0 Å². The normalized spacial score (nSPS) is 11.9. The zero-order chi connectivity index (χ0) is 22.1. The van der Waals surface area contributed by atoms with Gasteiger partial charge in [-0.25, -0.2) is 22.6 Å². The Bertz CT molecular complexity index is 1210. The summed E-state index contributed by atoms with van der Waals surface area (Å²) in [5, 5.41) is 0.545. The van der Waals surface area contributed by atoms with Crippen LogP contribution in [0.1, 0.15) is 31.3 Å². The van der Waals surface area contributed by atoms with E-state index in [1.807, 2.05) is 0 Å². The number of aromatic nitrogens is 1. The van der Waals surface area contributed by atoms with E-state index < -0.39 is 27.7 Å². The molecule has 0 unspecified atom stereocenters. The molecule has 2 aromatic carbocycles. The van der Waals surface area contributed by atoms with Crippen LogP contribution in [0.3, 0.4) is 0 Å². The van der Waals surface area contributed by atoms with E-state index >= 15 is 0 Å². The van der Waals surface area contributed by atoms with Gasteiger partial charge in [0.25, 0.3) is 10.0 Å². The molecule has 0 atom stereocenters. The Morgan fingerprint density at radius 1 is 1.00 bits per heavy atom. The van der Waals surface area contributed by atoms with Gasteiger partial charge in [-0.05, 0) is 51.1 Å². The first-order valence-electron chi connectivity index (χ1n) is 9.07. The van der Waals surface area contributed by atoms with Gasteiger partial charge in [0.05, 0.1) is 23.2 Å². The summed E-state index contributed by atoms with van der Waals surface area (Å²) in [6, 6.07) is 14.0. The Morgan fingerprint density at radius 2 is 1.67 bits per heavy atom. The fourth-order valence-electron chi connectivity index (χ4n) is 2.84. The molecule has 3 rings (SSSR count). The molecule has 158 valence electrons. The van der Waals surface area contributed by atoms with Crippen molar-refractivity contribution in [2.45, 2.75) is 31.3 Å². The molecule has 0 saturated carbocycles. The van der Waals surface area contributed by atoms with Crippen molar-refractivity contribution in [2.75, 3.05) is 11.8 Å². The van der Waals surface area contributed by atoms with Crippen LogP contribution >= 0.6 is 0 Å². The smallest absolute Gasteiger partial charge is 0.419 e. The first-order chi connectivity index (χ1) is 14.0. The number of nitrogens with one attached hydrogen (secondary N) is 1. The third-order valence-corrected chi connectivity index (χ3v) is 5.48. The van der Waals surface area contributed by atoms with Crippen LogP contribution in [0.4, 0.5) is 10.5 Å². The van der Waals surface area contributed by atoms with Crippen LogP contribution in [0.15, 0.2) is 59.5 Å². The highest BCUT2D eigenvalue weighted by Crippen LogP contribution is 2.27. The molecular formula is C21H22N2O6S. The number of benzene rings is 2. The lowest BCUT2D eigenvalue weighted by atomic mass is 10.2. The quantitative estimate of drug-likeness (QED) is 0.627. The summed E-state index contributed by atoms with van der Waals surface area (Å²) in [5.41, 5.74) is -0.290. The number of nitrogens with zero attached hydrogens (tertiary/aromatic N) is 1. The van der Waals surface area contributed by atoms with Crippen LogP contribution in [0.2, 0.25) is 0 Å². The molecule has 0 spiro atoms. The number of carbonyl (C=O) groups is 2. The van der Waals surface area contributed by atoms with E-state index in [4.69, 9.17) is 9.47 Å². The fourth-order valence-corrected chi connectivity index (χ4v) is 3.91. The van der Waals surface area contributed by atoms with E-state index in [9.17, 15) is 18.0 Å². The van der Waals surface area contributed by atoms with Gasteiger partial charge in [0.15, 0.2) is 0 Å². The lowest BCUT2D eigenvalue weighted by Gasteiger charge is -2.20. The average Bonchev–Trinajstić information content (AvgIpc) is 3.05. The predicted octanol–water partition coefficient (Wildman–Crippen LogP) is 4.01. The van der Waals surface area contributed by atoms with Crippen LogP contribution in [0.5, 0.6) is 0 Å². The molecule has 30 heavy (non-hydrogen) atoms. The largest absolute Gasteiger partial charge is 0.464 e. The number of esters is 1. The van der Waals surface area contributed by atoms with E-state index in [-0.39, 0.29) is 16.3 Å². The molecule has 1 N–H and O–H groups in total. The summed E-state index contributed by atoms with van der Waals surface area (Å²) in [6.45, 7) is 5.11. The molecule has 3 aromatic rings. The highest BCUT2D eigenvalue weighted by atomic mass is 32.2. The summed E-state index contributed by atoms with van der Waals surface area (Å²) in [7, 11) is -2.62. The molecule has 8 nitrogen and oxygen atoms in total. The molecule has 0 aliphatic rings. The van der Waals surface area contributed by atoms with Gasteiger partial charge in [0, 0.05) is 5.39 Å². The van der Waals surface area contributed by atoms with Crippen LogP contribution in [-0.4, -0.2) is 37.8 Å². The highest BCUT2D eigenvalue weighted by Gasteiger charge is 2.26. The van der Waals surface area contributed by atoms with Gasteiger partial charge >= 0.3 is 12.1 Å². The van der Waals surface area contributed by atoms with Crippen molar-refractivity contribution in [3.05, 3.63) is 60.3 Å². The number of hydrogen-bond donors (Lipinski definition) is 1. The Hall–Kier alpha value is -3.33. The monoisotopic (exact) mass is 430 g/mol. The van der Waals surface area contributed by atoms with E-state index in [2.05, 4.69) is 4.72 Å². The van der Waals surface area contributed by atoms with Gasteiger partial charge < -0.3 is 9.47 Å². The standard InChI is InChI=1S/C21H22N2O6S/c1-21(2,3)29-20(25)23-17-13-15(11-10-14(17)12-18(23)19(24)28-4)22-30(26,27)16-8-6-5-7-9-16/h5-13,22H,1-4H3. The molecule has 0 aliphatic carbocycles. The summed E-state index contributed by atoms with van der Waals surface area (Å²) >= 11 is 0. The van der Waals surface area contributed by atoms with Gasteiger partial charge in [-0.2, -0.15) is 0 Å². The second-order valence-corrected chi connectivity index (χ2v) is 9.21. The molecule has 0 amide bonds. The van der Waals surface area contributed by atoms with Crippen molar-refractivity contribution in [1.82, 2.24) is 4.57 Å². The van der Waals surface area contributed by atoms with E-state index in [0.717, 1.165) is 4.57 Å². The summed E-state index contributed by atoms with van der Waals surface area (Å²) in [4.78, 5) is 25.1. The van der Waals surface area contributed by atoms with Gasteiger partial charge in [0.1, 0.15) is 11.3 Å². The zero-order valence-corrected chi connectivity index (χ0v) is 17.8. The lowest BCUT2D eigenvalue weighted by molar-refractivity contribution is 0.0490. The number of hydrogen-bond acceptors (Lipinski definition) is 6. The van der Waals surface area contributed by atoms with Crippen LogP contribution < -0.4 is 4.72 Å². The minimum absolute atomic E-state index is 0.0233. The second kappa shape index (κ2) is 7.83. The lowest BCUT2D eigenvalue weighted by Crippen LogP contribution is -2.29. The van der Waals surface area contributed by atoms with Gasteiger partial charge in [0.2, 0.25) is 0 Å². The molecule has 0 aliphatic heterocycles. The zero-order valence-electron chi connectivity index (χ0n) is 17.0. The number of ether oxygens (including phenoxy) is 2. The van der Waals surface area contributed by atoms with Crippen molar-refractivity contribution >= 4 is 38.7 Å². The maximum atomic E-state index is 12.8. The molecule has 0 radical (unpaired) electrons. The number of carbonyl (C=O) groups excluding carboxylic acids is 2. The van der Waals surface area contributed by atoms with Crippen molar-refractivity contribution in [2.24, 2.45) is 0 Å². The van der Waals surface area contributed by atoms with Gasteiger partial charge in [-0.1, -0.05) is 24.3 Å². The van der Waals surface area contributed by atoms with E-state index in [1.54, 1.807) is 51.1 Å². The molecule has 9 heteroatoms. The summed E-state index contributed by atoms with van der Waals surface area (Å²) in [6.07, 6.45) is -0.777. The first kappa shape index (κ1) is 21.4. The van der Waals surface area contributed by atoms with Crippen molar-refractivity contribution in [3.8, 4) is 0 Å². The molecular weight excluding hydrogens is 408 g/mol. The second-order valence-electron chi connectivity index (χ2n) is 7.53. The summed E-state index contributed by atoms with van der Waals surface area (Å²) < 4.78 is 39.0. The SMILES string of the molecule is COC(=O)c1cc2ccc(NS(=O)(=O)c3ccccc3)cc2n1C(=O)OC(C)(C)C. The van der Waals surface area contributed by atoms with Crippen LogP contribution in [0.25, 0.3) is 10.9 Å². The van der Waals surface area contributed by atoms with Crippen molar-refractivity contribution < 1.29 is 27.5 Å². The molecule has 0 fully saturated rings. The molecule has 1 heterocycles. The summed E-state index contributed by atoms with van der Waals surface area (Å²) in [5.74, 6) is -0.719. The third kappa shape index (κ3) is 4.46. The number of rotatable bonds is 4. The minimum Gasteiger partial charge on any atom is -0.464 e. The van der Waals surface area contributed by atoms with Crippen molar-refractivity contribution in [3.63, 3.8) is 0 Å². The van der Waals surface area contributed by atoms with Crippen molar-refractivity contribution in [1.29, 1.82) is 0 Å². The first-order valence-corrected chi connectivity index (χ1v) is 10.6. The number of sulfonamides is 1.